The average molecular weight is 344 g/mol. The van der Waals surface area contributed by atoms with E-state index in [1.807, 2.05) is 0 Å². The summed E-state index contributed by atoms with van der Waals surface area (Å²) in [7, 11) is 0. The van der Waals surface area contributed by atoms with Crippen molar-refractivity contribution in [3.63, 3.8) is 0 Å². The molecule has 0 fully saturated rings. The normalized spacial score (nSPS) is 11.2. The second kappa shape index (κ2) is 9.30. The number of halogens is 3. The van der Waals surface area contributed by atoms with Gasteiger partial charge in [0.2, 0.25) is 11.8 Å². The van der Waals surface area contributed by atoms with Crippen LogP contribution < -0.4 is 10.6 Å². The summed E-state index contributed by atoms with van der Waals surface area (Å²) >= 11 is 0. The van der Waals surface area contributed by atoms with Crippen molar-refractivity contribution < 1.29 is 22.8 Å². The van der Waals surface area contributed by atoms with Crippen LogP contribution in [0, 0.1) is 0 Å². The summed E-state index contributed by atoms with van der Waals surface area (Å²) in [6.45, 7) is 3.29. The minimum atomic E-state index is -4.63. The lowest BCUT2D eigenvalue weighted by molar-refractivity contribution is -0.137. The Hall–Kier alpha value is -2.05. The number of nitrogens with one attached hydrogen (secondary N) is 2. The Labute approximate surface area is 139 Å². The topological polar surface area (TPSA) is 58.2 Å². The summed E-state index contributed by atoms with van der Waals surface area (Å²) < 4.78 is 39.4. The summed E-state index contributed by atoms with van der Waals surface area (Å²) in [5.74, 6) is -0.906. The molecule has 0 spiro atoms. The van der Waals surface area contributed by atoms with Gasteiger partial charge in [-0.2, -0.15) is 13.2 Å². The smallest absolute Gasteiger partial charge is 0.326 e. The van der Waals surface area contributed by atoms with Gasteiger partial charge in [0.1, 0.15) is 0 Å². The SMILES string of the molecule is CCCCCCCC(=O)Nc1ccc(NC(C)=O)cc1C(F)(F)F. The number of alkyl halides is 3. The molecule has 0 unspecified atom stereocenters. The molecule has 1 rings (SSSR count). The van der Waals surface area contributed by atoms with Crippen LogP contribution in [0.15, 0.2) is 18.2 Å². The van der Waals surface area contributed by atoms with E-state index in [2.05, 4.69) is 17.6 Å². The van der Waals surface area contributed by atoms with E-state index in [-0.39, 0.29) is 17.8 Å². The molecular weight excluding hydrogens is 321 g/mol. The number of rotatable bonds is 8. The Kier molecular flexibility index (Phi) is 7.74. The van der Waals surface area contributed by atoms with E-state index in [4.69, 9.17) is 0 Å². The number of hydrogen-bond acceptors (Lipinski definition) is 2. The van der Waals surface area contributed by atoms with Crippen LogP contribution in [0.4, 0.5) is 24.5 Å². The van der Waals surface area contributed by atoms with Gasteiger partial charge in [-0.3, -0.25) is 9.59 Å². The van der Waals surface area contributed by atoms with Crippen molar-refractivity contribution in [2.75, 3.05) is 10.6 Å². The lowest BCUT2D eigenvalue weighted by Crippen LogP contribution is -2.17. The highest BCUT2D eigenvalue weighted by molar-refractivity contribution is 5.93. The molecule has 0 radical (unpaired) electrons. The zero-order valence-corrected chi connectivity index (χ0v) is 13.9. The summed E-state index contributed by atoms with van der Waals surface area (Å²) in [5, 5.41) is 4.62. The molecule has 0 aliphatic rings. The molecule has 2 N–H and O–H groups in total. The lowest BCUT2D eigenvalue weighted by Gasteiger charge is -2.15. The minimum Gasteiger partial charge on any atom is -0.326 e. The highest BCUT2D eigenvalue weighted by Gasteiger charge is 2.34. The molecule has 4 nitrogen and oxygen atoms in total. The molecule has 1 aromatic rings. The van der Waals surface area contributed by atoms with E-state index in [0.717, 1.165) is 37.8 Å². The number of carbonyl (C=O) groups excluding carboxylic acids is 2. The standard InChI is InChI=1S/C17H23F3N2O2/c1-3-4-5-6-7-8-16(24)22-15-10-9-13(21-12(2)23)11-14(15)17(18,19)20/h9-11H,3-8H2,1-2H3,(H,21,23)(H,22,24). The largest absolute Gasteiger partial charge is 0.418 e. The summed E-state index contributed by atoms with van der Waals surface area (Å²) in [6.07, 6.45) is 0.286. The summed E-state index contributed by atoms with van der Waals surface area (Å²) in [4.78, 5) is 22.8. The molecule has 0 aliphatic carbocycles. The second-order valence-corrected chi connectivity index (χ2v) is 5.65. The molecule has 0 heterocycles. The van der Waals surface area contributed by atoms with E-state index >= 15 is 0 Å². The third-order valence-corrected chi connectivity index (χ3v) is 3.43. The van der Waals surface area contributed by atoms with Crippen LogP contribution in [-0.4, -0.2) is 11.8 Å². The number of hydrogen-bond donors (Lipinski definition) is 2. The maximum Gasteiger partial charge on any atom is 0.418 e. The van der Waals surface area contributed by atoms with E-state index in [0.29, 0.717) is 6.42 Å². The van der Waals surface area contributed by atoms with Crippen molar-refractivity contribution in [3.05, 3.63) is 23.8 Å². The monoisotopic (exact) mass is 344 g/mol. The minimum absolute atomic E-state index is 0.0346. The van der Waals surface area contributed by atoms with Crippen molar-refractivity contribution in [1.29, 1.82) is 0 Å². The molecule has 24 heavy (non-hydrogen) atoms. The van der Waals surface area contributed by atoms with Crippen molar-refractivity contribution in [2.24, 2.45) is 0 Å². The number of unbranched alkanes of at least 4 members (excludes halogenated alkanes) is 4. The Bertz CT molecular complexity index is 571. The van der Waals surface area contributed by atoms with Crippen LogP contribution in [0.25, 0.3) is 0 Å². The molecule has 0 saturated carbocycles. The second-order valence-electron chi connectivity index (χ2n) is 5.65. The molecule has 0 aromatic heterocycles. The first-order chi connectivity index (χ1) is 11.2. The molecule has 0 saturated heterocycles. The van der Waals surface area contributed by atoms with Crippen molar-refractivity contribution in [2.45, 2.75) is 58.5 Å². The first-order valence-electron chi connectivity index (χ1n) is 8.02. The molecule has 0 aliphatic heterocycles. The number of anilines is 2. The Morgan fingerprint density at radius 3 is 2.29 bits per heavy atom. The van der Waals surface area contributed by atoms with Gasteiger partial charge in [-0.05, 0) is 24.6 Å². The van der Waals surface area contributed by atoms with Crippen molar-refractivity contribution >= 4 is 23.2 Å². The predicted molar refractivity (Wildman–Crippen MR) is 87.8 cm³/mol. The molecule has 0 bridgehead atoms. The number of benzene rings is 1. The fourth-order valence-electron chi connectivity index (χ4n) is 2.27. The maximum absolute atomic E-state index is 13.1. The fraction of sp³-hybridized carbons (Fsp3) is 0.529. The summed E-state index contributed by atoms with van der Waals surface area (Å²) in [5.41, 5.74) is -1.24. The third kappa shape index (κ3) is 7.02. The van der Waals surface area contributed by atoms with Crippen LogP contribution in [0.3, 0.4) is 0 Å². The zero-order valence-electron chi connectivity index (χ0n) is 13.9. The Morgan fingerprint density at radius 2 is 1.71 bits per heavy atom. The molecule has 0 atom stereocenters. The number of carbonyl (C=O) groups is 2. The zero-order chi connectivity index (χ0) is 18.2. The quantitative estimate of drug-likeness (QED) is 0.655. The van der Waals surface area contributed by atoms with Gasteiger partial charge in [-0.1, -0.05) is 32.6 Å². The molecule has 134 valence electrons. The van der Waals surface area contributed by atoms with Gasteiger partial charge < -0.3 is 10.6 Å². The van der Waals surface area contributed by atoms with Gasteiger partial charge in [0.05, 0.1) is 11.3 Å². The van der Waals surface area contributed by atoms with Gasteiger partial charge >= 0.3 is 6.18 Å². The Balaban J connectivity index is 2.75. The molecule has 7 heteroatoms. The van der Waals surface area contributed by atoms with Crippen molar-refractivity contribution in [3.8, 4) is 0 Å². The van der Waals surface area contributed by atoms with Gasteiger partial charge in [0.25, 0.3) is 0 Å². The Morgan fingerprint density at radius 1 is 1.04 bits per heavy atom. The van der Waals surface area contributed by atoms with Crippen LogP contribution >= 0.6 is 0 Å². The lowest BCUT2D eigenvalue weighted by atomic mass is 10.1. The van der Waals surface area contributed by atoms with Crippen LogP contribution in [0.5, 0.6) is 0 Å². The average Bonchev–Trinajstić information content (AvgIpc) is 2.47. The summed E-state index contributed by atoms with van der Waals surface area (Å²) in [6, 6.07) is 3.30. The van der Waals surface area contributed by atoms with E-state index < -0.39 is 23.6 Å². The number of amides is 2. The van der Waals surface area contributed by atoms with Gasteiger partial charge in [-0.25, -0.2) is 0 Å². The predicted octanol–water partition coefficient (Wildman–Crippen LogP) is 4.96. The highest BCUT2D eigenvalue weighted by Crippen LogP contribution is 2.36. The van der Waals surface area contributed by atoms with Gasteiger partial charge in [0.15, 0.2) is 0 Å². The fourth-order valence-corrected chi connectivity index (χ4v) is 2.27. The third-order valence-electron chi connectivity index (χ3n) is 3.43. The van der Waals surface area contributed by atoms with Crippen LogP contribution in [0.2, 0.25) is 0 Å². The maximum atomic E-state index is 13.1. The molecular formula is C17H23F3N2O2. The van der Waals surface area contributed by atoms with Crippen molar-refractivity contribution in [1.82, 2.24) is 0 Å². The molecule has 1 aromatic carbocycles. The van der Waals surface area contributed by atoms with Gasteiger partial charge in [-0.15, -0.1) is 0 Å². The van der Waals surface area contributed by atoms with Crippen LogP contribution in [0.1, 0.15) is 57.9 Å². The van der Waals surface area contributed by atoms with E-state index in [1.165, 1.54) is 13.0 Å². The van der Waals surface area contributed by atoms with Crippen LogP contribution in [-0.2, 0) is 15.8 Å². The first-order valence-corrected chi connectivity index (χ1v) is 8.02. The highest BCUT2D eigenvalue weighted by atomic mass is 19.4. The first kappa shape index (κ1) is 20.0. The van der Waals surface area contributed by atoms with E-state index in [9.17, 15) is 22.8 Å². The van der Waals surface area contributed by atoms with E-state index in [1.54, 1.807) is 0 Å². The molecule has 2 amide bonds. The van der Waals surface area contributed by atoms with Gasteiger partial charge in [0, 0.05) is 19.0 Å².